The Morgan fingerprint density at radius 2 is 1.69 bits per heavy atom. The molecule has 1 aromatic heterocycles. The number of Topliss-reactive ketones (excluding diaryl/α,β-unsaturated/α-hetero) is 1. The minimum atomic E-state index is -0.825. The van der Waals surface area contributed by atoms with Crippen molar-refractivity contribution in [3.05, 3.63) is 95.1 Å². The molecule has 0 aliphatic carbocycles. The van der Waals surface area contributed by atoms with E-state index in [0.717, 1.165) is 5.56 Å². The van der Waals surface area contributed by atoms with Crippen LogP contribution in [-0.2, 0) is 16.0 Å². The summed E-state index contributed by atoms with van der Waals surface area (Å²) in [5.74, 6) is -1.29. The minimum Gasteiger partial charge on any atom is -0.507 e. The molecule has 3 aromatic rings. The second-order valence-corrected chi connectivity index (χ2v) is 8.17. The summed E-state index contributed by atoms with van der Waals surface area (Å²) in [6, 6.07) is 13.5. The highest BCUT2D eigenvalue weighted by Gasteiger charge is 2.46. The van der Waals surface area contributed by atoms with Crippen molar-refractivity contribution >= 4 is 17.4 Å². The van der Waals surface area contributed by atoms with Crippen molar-refractivity contribution in [2.24, 2.45) is 0 Å². The summed E-state index contributed by atoms with van der Waals surface area (Å²) in [5, 5.41) is 11.4. The molecular formula is C28H27FN2O5. The Hall–Kier alpha value is -4.20. The number of ketones is 1. The van der Waals surface area contributed by atoms with E-state index in [1.807, 2.05) is 13.8 Å². The summed E-state index contributed by atoms with van der Waals surface area (Å²) < 4.78 is 24.6. The molecule has 1 saturated heterocycles. The Balaban J connectivity index is 1.78. The standard InChI is InChI=1S/C28H27FN2O5/c1-3-35-21-9-10-22(23(17-21)36-4-2)26(32)24-25(19-11-14-30-15-12-19)31(28(34)27(24)33)16-13-18-5-7-20(29)8-6-18/h5-12,14-15,17,25,32H,3-4,13,16H2,1-2H3/b26-24-. The Morgan fingerprint density at radius 1 is 1.00 bits per heavy atom. The molecule has 1 aliphatic rings. The van der Waals surface area contributed by atoms with Gasteiger partial charge in [-0.1, -0.05) is 12.1 Å². The lowest BCUT2D eigenvalue weighted by Crippen LogP contribution is -2.31. The highest BCUT2D eigenvalue weighted by molar-refractivity contribution is 6.46. The number of nitrogens with zero attached hydrogens (tertiary/aromatic N) is 2. The van der Waals surface area contributed by atoms with Gasteiger partial charge in [-0.05, 0) is 67.8 Å². The number of rotatable bonds is 9. The van der Waals surface area contributed by atoms with Gasteiger partial charge in [-0.3, -0.25) is 14.6 Å². The lowest BCUT2D eigenvalue weighted by Gasteiger charge is -2.25. The van der Waals surface area contributed by atoms with Crippen molar-refractivity contribution in [3.63, 3.8) is 0 Å². The molecule has 0 bridgehead atoms. The van der Waals surface area contributed by atoms with Gasteiger partial charge >= 0.3 is 0 Å². The molecule has 2 aromatic carbocycles. The third-order valence-electron chi connectivity index (χ3n) is 5.94. The van der Waals surface area contributed by atoms with Crippen molar-refractivity contribution < 1.29 is 28.6 Å². The highest BCUT2D eigenvalue weighted by atomic mass is 19.1. The lowest BCUT2D eigenvalue weighted by molar-refractivity contribution is -0.139. The maximum absolute atomic E-state index is 13.3. The molecule has 8 heteroatoms. The molecule has 0 spiro atoms. The van der Waals surface area contributed by atoms with Crippen LogP contribution in [0.2, 0.25) is 0 Å². The molecule has 1 unspecified atom stereocenters. The molecule has 1 N–H and O–H groups in total. The number of halogens is 1. The summed E-state index contributed by atoms with van der Waals surface area (Å²) in [5.41, 5.74) is 1.71. The van der Waals surface area contributed by atoms with Crippen molar-refractivity contribution in [2.75, 3.05) is 19.8 Å². The summed E-state index contributed by atoms with van der Waals surface area (Å²) in [6.45, 7) is 4.65. The van der Waals surface area contributed by atoms with Gasteiger partial charge < -0.3 is 19.5 Å². The normalized spacial score (nSPS) is 16.9. The molecular weight excluding hydrogens is 463 g/mol. The Morgan fingerprint density at radius 3 is 2.36 bits per heavy atom. The van der Waals surface area contributed by atoms with Crippen LogP contribution in [0.1, 0.15) is 36.6 Å². The number of likely N-dealkylation sites (tertiary alicyclic amines) is 1. The molecule has 36 heavy (non-hydrogen) atoms. The zero-order chi connectivity index (χ0) is 25.7. The molecule has 1 atom stereocenters. The number of hydrogen-bond donors (Lipinski definition) is 1. The number of carbonyl (C=O) groups is 2. The fraction of sp³-hybridized carbons (Fsp3) is 0.250. The van der Waals surface area contributed by atoms with Crippen molar-refractivity contribution in [1.82, 2.24) is 9.88 Å². The Bertz CT molecular complexity index is 1270. The number of aliphatic hydroxyl groups is 1. The van der Waals surface area contributed by atoms with E-state index in [0.29, 0.717) is 36.7 Å². The van der Waals surface area contributed by atoms with Crippen molar-refractivity contribution in [2.45, 2.75) is 26.3 Å². The van der Waals surface area contributed by atoms with E-state index in [9.17, 15) is 19.1 Å². The van der Waals surface area contributed by atoms with Gasteiger partial charge in [0.05, 0.1) is 30.4 Å². The van der Waals surface area contributed by atoms with Crippen LogP contribution in [0, 0.1) is 5.82 Å². The van der Waals surface area contributed by atoms with Gasteiger partial charge in [-0.25, -0.2) is 4.39 Å². The number of aromatic nitrogens is 1. The number of hydrogen-bond acceptors (Lipinski definition) is 6. The molecule has 186 valence electrons. The van der Waals surface area contributed by atoms with E-state index < -0.39 is 17.7 Å². The third-order valence-corrected chi connectivity index (χ3v) is 5.94. The van der Waals surface area contributed by atoms with Gasteiger partial charge in [0, 0.05) is 25.0 Å². The van der Waals surface area contributed by atoms with Crippen LogP contribution in [0.3, 0.4) is 0 Å². The summed E-state index contributed by atoms with van der Waals surface area (Å²) >= 11 is 0. The molecule has 1 amide bonds. The van der Waals surface area contributed by atoms with E-state index in [-0.39, 0.29) is 29.3 Å². The highest BCUT2D eigenvalue weighted by Crippen LogP contribution is 2.41. The maximum Gasteiger partial charge on any atom is 0.295 e. The van der Waals surface area contributed by atoms with Crippen LogP contribution in [-0.4, -0.2) is 46.4 Å². The van der Waals surface area contributed by atoms with Crippen LogP contribution in [0.4, 0.5) is 4.39 Å². The second-order valence-electron chi connectivity index (χ2n) is 8.17. The molecule has 1 fully saturated rings. The SMILES string of the molecule is CCOc1ccc(/C(O)=C2/C(=O)C(=O)N(CCc3ccc(F)cc3)C2c2ccncc2)c(OCC)c1. The van der Waals surface area contributed by atoms with Crippen molar-refractivity contribution in [1.29, 1.82) is 0 Å². The molecule has 0 radical (unpaired) electrons. The van der Waals surface area contributed by atoms with Gasteiger partial charge in [0.2, 0.25) is 0 Å². The van der Waals surface area contributed by atoms with Crippen LogP contribution in [0.5, 0.6) is 11.5 Å². The number of amides is 1. The molecule has 1 aliphatic heterocycles. The third kappa shape index (κ3) is 5.07. The predicted octanol–water partition coefficient (Wildman–Crippen LogP) is 4.68. The van der Waals surface area contributed by atoms with E-state index >= 15 is 0 Å². The van der Waals surface area contributed by atoms with E-state index in [4.69, 9.17) is 9.47 Å². The van der Waals surface area contributed by atoms with Crippen LogP contribution >= 0.6 is 0 Å². The summed E-state index contributed by atoms with van der Waals surface area (Å²) in [4.78, 5) is 31.9. The Kier molecular flexibility index (Phi) is 7.63. The molecule has 7 nitrogen and oxygen atoms in total. The average Bonchev–Trinajstić information content (AvgIpc) is 3.14. The summed E-state index contributed by atoms with van der Waals surface area (Å²) in [7, 11) is 0. The lowest BCUT2D eigenvalue weighted by atomic mass is 9.95. The predicted molar refractivity (Wildman–Crippen MR) is 132 cm³/mol. The van der Waals surface area contributed by atoms with Crippen LogP contribution < -0.4 is 9.47 Å². The average molecular weight is 491 g/mol. The van der Waals surface area contributed by atoms with E-state index in [1.54, 1.807) is 54.9 Å². The fourth-order valence-electron chi connectivity index (χ4n) is 4.28. The largest absolute Gasteiger partial charge is 0.507 e. The van der Waals surface area contributed by atoms with Gasteiger partial charge in [0.25, 0.3) is 11.7 Å². The maximum atomic E-state index is 13.3. The fourth-order valence-corrected chi connectivity index (χ4v) is 4.28. The van der Waals surface area contributed by atoms with Gasteiger partial charge in [0.15, 0.2) is 0 Å². The number of aliphatic hydroxyl groups excluding tert-OH is 1. The first-order valence-electron chi connectivity index (χ1n) is 11.8. The zero-order valence-electron chi connectivity index (χ0n) is 20.1. The van der Waals surface area contributed by atoms with Crippen LogP contribution in [0.15, 0.2) is 72.6 Å². The smallest absolute Gasteiger partial charge is 0.295 e. The van der Waals surface area contributed by atoms with Gasteiger partial charge in [-0.15, -0.1) is 0 Å². The van der Waals surface area contributed by atoms with Gasteiger partial charge in [0.1, 0.15) is 23.1 Å². The van der Waals surface area contributed by atoms with E-state index in [2.05, 4.69) is 4.98 Å². The van der Waals surface area contributed by atoms with E-state index in [1.165, 1.54) is 17.0 Å². The molecule has 0 saturated carbocycles. The molecule has 2 heterocycles. The first-order valence-corrected chi connectivity index (χ1v) is 11.8. The quantitative estimate of drug-likeness (QED) is 0.266. The first kappa shape index (κ1) is 24.9. The topological polar surface area (TPSA) is 89.0 Å². The number of pyridine rings is 1. The Labute approximate surface area is 208 Å². The van der Waals surface area contributed by atoms with Crippen molar-refractivity contribution in [3.8, 4) is 11.5 Å². The summed E-state index contributed by atoms with van der Waals surface area (Å²) in [6.07, 6.45) is 3.54. The number of benzene rings is 2. The van der Waals surface area contributed by atoms with Gasteiger partial charge in [-0.2, -0.15) is 0 Å². The first-order chi connectivity index (χ1) is 17.4. The minimum absolute atomic E-state index is 0.0320. The second kappa shape index (κ2) is 11.0. The van der Waals surface area contributed by atoms with Crippen LogP contribution in [0.25, 0.3) is 5.76 Å². The molecule has 4 rings (SSSR count). The zero-order valence-corrected chi connectivity index (χ0v) is 20.1. The monoisotopic (exact) mass is 490 g/mol. The number of carbonyl (C=O) groups excluding carboxylic acids is 2. The number of ether oxygens (including phenoxy) is 2.